The summed E-state index contributed by atoms with van der Waals surface area (Å²) in [5.41, 5.74) is 3.84. The minimum Gasteiger partial charge on any atom is -0.477 e. The van der Waals surface area contributed by atoms with Gasteiger partial charge in [-0.05, 0) is 35.4 Å². The molecule has 8 heteroatoms. The van der Waals surface area contributed by atoms with Crippen LogP contribution in [0.15, 0.2) is 84.0 Å². The first kappa shape index (κ1) is 19.1. The maximum Gasteiger partial charge on any atom is 0.285 e. The number of carbonyl (C=O) groups is 1. The summed E-state index contributed by atoms with van der Waals surface area (Å²) >= 11 is 0. The molecule has 150 valence electrons. The predicted molar refractivity (Wildman–Crippen MR) is 110 cm³/mol. The van der Waals surface area contributed by atoms with Gasteiger partial charge in [0.2, 0.25) is 6.10 Å². The molecule has 0 aromatic heterocycles. The molecule has 8 nitrogen and oxygen atoms in total. The first-order chi connectivity index (χ1) is 14.6. The predicted octanol–water partition coefficient (Wildman–Crippen LogP) is 3.63. The van der Waals surface area contributed by atoms with E-state index in [1.807, 2.05) is 36.4 Å². The molecule has 0 spiro atoms. The molecule has 3 aromatic rings. The second kappa shape index (κ2) is 8.44. The molecule has 1 heterocycles. The van der Waals surface area contributed by atoms with Crippen molar-refractivity contribution in [3.05, 3.63) is 100 Å². The molecule has 0 unspecified atom stereocenters. The zero-order valence-corrected chi connectivity index (χ0v) is 15.7. The van der Waals surface area contributed by atoms with Crippen molar-refractivity contribution >= 4 is 17.8 Å². The van der Waals surface area contributed by atoms with Crippen molar-refractivity contribution in [3.8, 4) is 11.5 Å². The smallest absolute Gasteiger partial charge is 0.285 e. The first-order valence-corrected chi connectivity index (χ1v) is 9.16. The van der Waals surface area contributed by atoms with Crippen molar-refractivity contribution in [3.63, 3.8) is 0 Å². The van der Waals surface area contributed by atoms with E-state index in [0.717, 1.165) is 5.56 Å². The highest BCUT2D eigenvalue weighted by atomic mass is 16.6. The number of rotatable bonds is 5. The van der Waals surface area contributed by atoms with E-state index in [1.54, 1.807) is 18.2 Å². The lowest BCUT2D eigenvalue weighted by Crippen LogP contribution is -2.44. The number of nitrogens with one attached hydrogen (secondary N) is 1. The van der Waals surface area contributed by atoms with Crippen LogP contribution in [0.3, 0.4) is 0 Å². The molecule has 0 radical (unpaired) electrons. The zero-order chi connectivity index (χ0) is 20.9. The summed E-state index contributed by atoms with van der Waals surface area (Å²) in [6.07, 6.45) is -0.191. The van der Waals surface area contributed by atoms with E-state index in [0.29, 0.717) is 17.1 Å². The highest BCUT2D eigenvalue weighted by Crippen LogP contribution is 2.39. The van der Waals surface area contributed by atoms with Crippen LogP contribution < -0.4 is 14.9 Å². The Bertz CT molecular complexity index is 1080. The van der Waals surface area contributed by atoms with E-state index >= 15 is 0 Å². The standard InChI is InChI=1S/C22H17N3O5/c26-22(24-23-14-15-10-12-17(13-11-15)25(27)28)21-20(16-6-2-1-3-7-16)29-18-8-4-5-9-19(18)30-21/h1-14,20-21H,(H,24,26)/b23-14-/t20-,21+/m1/s1. The van der Waals surface area contributed by atoms with Gasteiger partial charge in [0.25, 0.3) is 11.6 Å². The third-order valence-electron chi connectivity index (χ3n) is 4.51. The number of benzene rings is 3. The van der Waals surface area contributed by atoms with Gasteiger partial charge in [-0.25, -0.2) is 5.43 Å². The van der Waals surface area contributed by atoms with Crippen LogP contribution in [-0.4, -0.2) is 23.1 Å². The number of nitro benzene ring substituents is 1. The number of carbonyl (C=O) groups excluding carboxylic acids is 1. The minimum absolute atomic E-state index is 0.0201. The number of non-ortho nitro benzene ring substituents is 1. The summed E-state index contributed by atoms with van der Waals surface area (Å²) in [7, 11) is 0. The lowest BCUT2D eigenvalue weighted by Gasteiger charge is -2.32. The second-order valence-electron chi connectivity index (χ2n) is 6.52. The fourth-order valence-electron chi connectivity index (χ4n) is 3.03. The number of nitro groups is 1. The first-order valence-electron chi connectivity index (χ1n) is 9.16. The summed E-state index contributed by atoms with van der Waals surface area (Å²) in [4.78, 5) is 23.0. The normalized spacial score (nSPS) is 17.5. The van der Waals surface area contributed by atoms with Crippen molar-refractivity contribution in [2.24, 2.45) is 5.10 Å². The Kier molecular flexibility index (Phi) is 5.38. The zero-order valence-electron chi connectivity index (χ0n) is 15.7. The highest BCUT2D eigenvalue weighted by molar-refractivity contribution is 5.85. The SMILES string of the molecule is O=C(N/N=C\c1ccc([N+](=O)[O-])cc1)[C@H]1Oc2ccccc2O[C@@H]1c1ccccc1. The molecule has 0 aliphatic carbocycles. The molecule has 1 aliphatic rings. The Hall–Kier alpha value is -4.20. The van der Waals surface area contributed by atoms with Gasteiger partial charge >= 0.3 is 0 Å². The lowest BCUT2D eigenvalue weighted by molar-refractivity contribution is -0.384. The van der Waals surface area contributed by atoms with Crippen LogP contribution in [0.5, 0.6) is 11.5 Å². The van der Waals surface area contributed by atoms with Crippen LogP contribution in [0.1, 0.15) is 17.2 Å². The van der Waals surface area contributed by atoms with Gasteiger partial charge in [-0.2, -0.15) is 5.10 Å². The van der Waals surface area contributed by atoms with E-state index in [2.05, 4.69) is 10.5 Å². The Morgan fingerprint density at radius 1 is 0.933 bits per heavy atom. The summed E-state index contributed by atoms with van der Waals surface area (Å²) in [5.74, 6) is 0.561. The Morgan fingerprint density at radius 3 is 2.23 bits per heavy atom. The van der Waals surface area contributed by atoms with E-state index < -0.39 is 23.0 Å². The van der Waals surface area contributed by atoms with Gasteiger partial charge in [0.15, 0.2) is 17.6 Å². The maximum absolute atomic E-state index is 12.8. The molecule has 3 aromatic carbocycles. The average molecular weight is 403 g/mol. The number of fused-ring (bicyclic) bond motifs is 1. The molecule has 1 aliphatic heterocycles. The fourth-order valence-corrected chi connectivity index (χ4v) is 3.03. The van der Waals surface area contributed by atoms with Gasteiger partial charge in [-0.3, -0.25) is 14.9 Å². The Morgan fingerprint density at radius 2 is 1.57 bits per heavy atom. The second-order valence-corrected chi connectivity index (χ2v) is 6.52. The number of nitrogens with zero attached hydrogens (tertiary/aromatic N) is 2. The number of hydrazone groups is 1. The Balaban J connectivity index is 1.51. The van der Waals surface area contributed by atoms with Crippen LogP contribution in [0.2, 0.25) is 0 Å². The van der Waals surface area contributed by atoms with E-state index in [4.69, 9.17) is 9.47 Å². The van der Waals surface area contributed by atoms with Crippen LogP contribution >= 0.6 is 0 Å². The van der Waals surface area contributed by atoms with Gasteiger partial charge in [-0.15, -0.1) is 0 Å². The lowest BCUT2D eigenvalue weighted by atomic mass is 10.0. The third-order valence-corrected chi connectivity index (χ3v) is 4.51. The van der Waals surface area contributed by atoms with Gasteiger partial charge in [0, 0.05) is 12.1 Å². The van der Waals surface area contributed by atoms with Crippen LogP contribution in [0.25, 0.3) is 0 Å². The van der Waals surface area contributed by atoms with Crippen LogP contribution in [0.4, 0.5) is 5.69 Å². The molecule has 2 atom stereocenters. The van der Waals surface area contributed by atoms with Gasteiger partial charge in [-0.1, -0.05) is 42.5 Å². The summed E-state index contributed by atoms with van der Waals surface area (Å²) in [5, 5.41) is 14.7. The van der Waals surface area contributed by atoms with E-state index in [9.17, 15) is 14.9 Å². The van der Waals surface area contributed by atoms with E-state index in [-0.39, 0.29) is 5.69 Å². The minimum atomic E-state index is -0.948. The fraction of sp³-hybridized carbons (Fsp3) is 0.0909. The largest absolute Gasteiger partial charge is 0.477 e. The monoisotopic (exact) mass is 403 g/mol. The molecule has 30 heavy (non-hydrogen) atoms. The quantitative estimate of drug-likeness (QED) is 0.398. The molecule has 1 amide bonds. The topological polar surface area (TPSA) is 103 Å². The van der Waals surface area contributed by atoms with Gasteiger partial charge < -0.3 is 9.47 Å². The molecule has 1 N–H and O–H groups in total. The summed E-state index contributed by atoms with van der Waals surface area (Å²) in [6.45, 7) is 0. The summed E-state index contributed by atoms with van der Waals surface area (Å²) < 4.78 is 12.0. The number of hydrogen-bond donors (Lipinski definition) is 1. The molecule has 0 bridgehead atoms. The van der Waals surface area contributed by atoms with Crippen LogP contribution in [0, 0.1) is 10.1 Å². The molecule has 0 saturated carbocycles. The van der Waals surface area contributed by atoms with Crippen molar-refractivity contribution in [1.82, 2.24) is 5.43 Å². The van der Waals surface area contributed by atoms with Gasteiger partial charge in [0.1, 0.15) is 0 Å². The van der Waals surface area contributed by atoms with E-state index in [1.165, 1.54) is 30.5 Å². The number of ether oxygens (including phenoxy) is 2. The summed E-state index contributed by atoms with van der Waals surface area (Å²) in [6, 6.07) is 22.3. The molecular formula is C22H17N3O5. The molecule has 0 saturated heterocycles. The van der Waals surface area contributed by atoms with Crippen molar-refractivity contribution < 1.29 is 19.2 Å². The highest BCUT2D eigenvalue weighted by Gasteiger charge is 2.38. The number of para-hydroxylation sites is 2. The Labute approximate surface area is 171 Å². The average Bonchev–Trinajstić information content (AvgIpc) is 2.79. The van der Waals surface area contributed by atoms with Gasteiger partial charge in [0.05, 0.1) is 11.1 Å². The maximum atomic E-state index is 12.8. The van der Waals surface area contributed by atoms with Crippen molar-refractivity contribution in [1.29, 1.82) is 0 Å². The molecule has 4 rings (SSSR count). The van der Waals surface area contributed by atoms with Crippen molar-refractivity contribution in [2.75, 3.05) is 0 Å². The van der Waals surface area contributed by atoms with Crippen LogP contribution in [-0.2, 0) is 4.79 Å². The number of hydrogen-bond acceptors (Lipinski definition) is 6. The molecule has 0 fully saturated rings. The van der Waals surface area contributed by atoms with Crippen molar-refractivity contribution in [2.45, 2.75) is 12.2 Å². The third kappa shape index (κ3) is 4.12. The molecular weight excluding hydrogens is 386 g/mol. The number of amides is 1.